The molecule has 3 rings (SSSR count). The van der Waals surface area contributed by atoms with E-state index >= 15 is 0 Å². The van der Waals surface area contributed by atoms with Gasteiger partial charge in [-0.2, -0.15) is 13.2 Å². The van der Waals surface area contributed by atoms with Crippen LogP contribution in [-0.4, -0.2) is 80.0 Å². The van der Waals surface area contributed by atoms with Crippen LogP contribution in [0.25, 0.3) is 0 Å². The molecule has 1 aromatic heterocycles. The molecule has 2 aliphatic rings. The number of aromatic nitrogens is 2. The number of carbonyl (C=O) groups excluding carboxylic acids is 4. The van der Waals surface area contributed by atoms with Crippen LogP contribution >= 0.6 is 0 Å². The summed E-state index contributed by atoms with van der Waals surface area (Å²) in [6.45, 7) is 0.421. The van der Waals surface area contributed by atoms with Gasteiger partial charge >= 0.3 is 12.1 Å². The first-order valence-corrected chi connectivity index (χ1v) is 10.3. The third-order valence-electron chi connectivity index (χ3n) is 5.36. The summed E-state index contributed by atoms with van der Waals surface area (Å²) in [7, 11) is 1.80. The minimum atomic E-state index is -5.08. The Hall–Kier alpha value is -3.65. The molecule has 0 spiro atoms. The maximum atomic E-state index is 13.1. The van der Waals surface area contributed by atoms with E-state index in [9.17, 15) is 32.3 Å². The number of rotatable bonds is 6. The predicted octanol–water partition coefficient (Wildman–Crippen LogP) is -1.16. The number of carboxylic acids is 1. The van der Waals surface area contributed by atoms with E-state index in [4.69, 9.17) is 15.6 Å². The number of aryl methyl sites for hydroxylation is 1. The van der Waals surface area contributed by atoms with E-state index in [1.54, 1.807) is 24.1 Å². The Morgan fingerprint density at radius 2 is 1.97 bits per heavy atom. The van der Waals surface area contributed by atoms with Gasteiger partial charge in [0.2, 0.25) is 23.6 Å². The summed E-state index contributed by atoms with van der Waals surface area (Å²) in [6.07, 6.45) is 0.261. The number of carboxylic acid groups (broad SMARTS) is 1. The third kappa shape index (κ3) is 6.92. The number of aliphatic carboxylic acids is 1. The first kappa shape index (κ1) is 26.6. The van der Waals surface area contributed by atoms with Crippen LogP contribution in [0.5, 0.6) is 0 Å². The number of amides is 4. The molecular weight excluding hydrogens is 465 g/mol. The van der Waals surface area contributed by atoms with Crippen molar-refractivity contribution in [1.82, 2.24) is 25.1 Å². The first-order valence-electron chi connectivity index (χ1n) is 10.3. The Labute approximate surface area is 191 Å². The first-order chi connectivity index (χ1) is 15.8. The van der Waals surface area contributed by atoms with Crippen LogP contribution in [0.2, 0.25) is 0 Å². The van der Waals surface area contributed by atoms with E-state index in [-0.39, 0.29) is 24.7 Å². The number of nitrogens with zero attached hydrogens (tertiary/aromatic N) is 3. The molecule has 0 saturated carbocycles. The summed E-state index contributed by atoms with van der Waals surface area (Å²) in [5, 5.41) is 12.5. The molecule has 34 heavy (non-hydrogen) atoms. The number of primary amides is 1. The van der Waals surface area contributed by atoms with Crippen molar-refractivity contribution in [3.8, 4) is 0 Å². The normalized spacial score (nSPS) is 20.7. The number of hydrogen-bond acceptors (Lipinski definition) is 6. The van der Waals surface area contributed by atoms with Crippen LogP contribution in [-0.2, 0) is 37.4 Å². The Bertz CT molecular complexity index is 949. The minimum absolute atomic E-state index is 0.182. The van der Waals surface area contributed by atoms with Crippen LogP contribution in [0, 0.1) is 0 Å². The van der Waals surface area contributed by atoms with E-state index < -0.39 is 42.1 Å². The van der Waals surface area contributed by atoms with Gasteiger partial charge < -0.3 is 30.9 Å². The molecule has 3 heterocycles. The lowest BCUT2D eigenvalue weighted by Crippen LogP contribution is -2.56. The molecule has 2 saturated heterocycles. The number of alkyl halides is 3. The van der Waals surface area contributed by atoms with Crippen molar-refractivity contribution in [3.05, 3.63) is 18.2 Å². The van der Waals surface area contributed by atoms with Gasteiger partial charge in [0.25, 0.3) is 0 Å². The van der Waals surface area contributed by atoms with Gasteiger partial charge in [0, 0.05) is 38.3 Å². The zero-order chi connectivity index (χ0) is 25.6. The highest BCUT2D eigenvalue weighted by Gasteiger charge is 2.39. The van der Waals surface area contributed by atoms with Crippen molar-refractivity contribution in [1.29, 1.82) is 0 Å². The maximum absolute atomic E-state index is 13.1. The van der Waals surface area contributed by atoms with Crippen LogP contribution in [0.1, 0.15) is 31.4 Å². The minimum Gasteiger partial charge on any atom is -0.475 e. The number of nitrogens with two attached hydrogens (primary N) is 1. The zero-order valence-electron chi connectivity index (χ0n) is 18.2. The molecule has 2 aliphatic heterocycles. The monoisotopic (exact) mass is 490 g/mol. The molecule has 5 N–H and O–H groups in total. The number of imidazole rings is 1. The lowest BCUT2D eigenvalue weighted by molar-refractivity contribution is -0.192. The Morgan fingerprint density at radius 3 is 2.44 bits per heavy atom. The van der Waals surface area contributed by atoms with Gasteiger partial charge in [-0.15, -0.1) is 0 Å². The van der Waals surface area contributed by atoms with Gasteiger partial charge in [0.1, 0.15) is 18.1 Å². The molecule has 0 radical (unpaired) electrons. The maximum Gasteiger partial charge on any atom is 0.490 e. The fourth-order valence-corrected chi connectivity index (χ4v) is 3.60. The molecule has 3 unspecified atom stereocenters. The number of nitrogens with one attached hydrogen (secondary N) is 2. The van der Waals surface area contributed by atoms with Crippen LogP contribution in [0.4, 0.5) is 13.2 Å². The van der Waals surface area contributed by atoms with Crippen LogP contribution in [0.15, 0.2) is 12.5 Å². The molecule has 4 amide bonds. The second-order valence-corrected chi connectivity index (χ2v) is 7.81. The molecule has 2 fully saturated rings. The van der Waals surface area contributed by atoms with Crippen molar-refractivity contribution in [2.45, 2.75) is 56.4 Å². The van der Waals surface area contributed by atoms with Gasteiger partial charge in [0.15, 0.2) is 0 Å². The van der Waals surface area contributed by atoms with Gasteiger partial charge in [-0.25, -0.2) is 9.78 Å². The average molecular weight is 490 g/mol. The van der Waals surface area contributed by atoms with Crippen molar-refractivity contribution in [3.63, 3.8) is 0 Å². The molecule has 188 valence electrons. The van der Waals surface area contributed by atoms with E-state index in [0.717, 1.165) is 5.69 Å². The van der Waals surface area contributed by atoms with E-state index in [0.29, 0.717) is 25.8 Å². The highest BCUT2D eigenvalue weighted by molar-refractivity contribution is 5.95. The number of carbonyl (C=O) groups is 5. The average Bonchev–Trinajstić information content (AvgIpc) is 3.48. The predicted molar refractivity (Wildman–Crippen MR) is 108 cm³/mol. The quantitative estimate of drug-likeness (QED) is 0.388. The van der Waals surface area contributed by atoms with Crippen LogP contribution in [0.3, 0.4) is 0 Å². The van der Waals surface area contributed by atoms with Gasteiger partial charge in [0.05, 0.1) is 6.33 Å². The largest absolute Gasteiger partial charge is 0.490 e. The van der Waals surface area contributed by atoms with Gasteiger partial charge in [-0.05, 0) is 19.3 Å². The topological polar surface area (TPSA) is 177 Å². The molecule has 12 nitrogen and oxygen atoms in total. The zero-order valence-corrected chi connectivity index (χ0v) is 18.2. The second kappa shape index (κ2) is 11.0. The summed E-state index contributed by atoms with van der Waals surface area (Å²) in [6, 6.07) is -2.18. The number of likely N-dealkylation sites (tertiary alicyclic amines) is 1. The molecule has 0 bridgehead atoms. The lowest BCUT2D eigenvalue weighted by Gasteiger charge is -2.28. The molecule has 0 aromatic carbocycles. The van der Waals surface area contributed by atoms with Gasteiger partial charge in [-0.1, -0.05) is 0 Å². The smallest absolute Gasteiger partial charge is 0.475 e. The van der Waals surface area contributed by atoms with Crippen LogP contribution < -0.4 is 16.4 Å². The summed E-state index contributed by atoms with van der Waals surface area (Å²) in [5.41, 5.74) is 6.18. The Kier molecular flexibility index (Phi) is 8.59. The second-order valence-electron chi connectivity index (χ2n) is 7.81. The summed E-state index contributed by atoms with van der Waals surface area (Å²) in [5.74, 6) is -4.24. The highest BCUT2D eigenvalue weighted by atomic mass is 19.4. The molecule has 0 aliphatic carbocycles. The van der Waals surface area contributed by atoms with E-state index in [1.807, 2.05) is 0 Å². The van der Waals surface area contributed by atoms with E-state index in [1.165, 1.54) is 4.90 Å². The van der Waals surface area contributed by atoms with Crippen molar-refractivity contribution in [2.75, 3.05) is 6.54 Å². The summed E-state index contributed by atoms with van der Waals surface area (Å²) < 4.78 is 33.5. The molecule has 3 atom stereocenters. The Morgan fingerprint density at radius 1 is 1.32 bits per heavy atom. The summed E-state index contributed by atoms with van der Waals surface area (Å²) >= 11 is 0. The molecular formula is C19H25F3N6O6. The number of hydrogen-bond donors (Lipinski definition) is 4. The fraction of sp³-hybridized carbons (Fsp3) is 0.579. The highest BCUT2D eigenvalue weighted by Crippen LogP contribution is 2.19. The van der Waals surface area contributed by atoms with E-state index in [2.05, 4.69) is 15.6 Å². The summed E-state index contributed by atoms with van der Waals surface area (Å²) in [4.78, 5) is 63.0. The van der Waals surface area contributed by atoms with Crippen molar-refractivity contribution < 1.29 is 42.3 Å². The SMILES string of the molecule is Cn1cncc1CC(NC(=O)C1CCC(=O)N1)C(=O)N1CCCC1C(N)=O.O=C(O)C(F)(F)F. The third-order valence-corrected chi connectivity index (χ3v) is 5.36. The number of halogens is 3. The fourth-order valence-electron chi connectivity index (χ4n) is 3.60. The van der Waals surface area contributed by atoms with Gasteiger partial charge in [-0.3, -0.25) is 19.2 Å². The lowest BCUT2D eigenvalue weighted by atomic mass is 10.1. The Balaban J connectivity index is 0.000000509. The van der Waals surface area contributed by atoms with Crippen molar-refractivity contribution in [2.24, 2.45) is 12.8 Å². The van der Waals surface area contributed by atoms with Crippen molar-refractivity contribution >= 4 is 29.6 Å². The standard InChI is InChI=1S/C17H24N6O4.C2HF3O2/c1-22-9-19-8-10(22)7-12(21-16(26)11-4-5-14(24)20-11)17(27)23-6-2-3-13(23)15(18)25;3-2(4,5)1(6)7/h8-9,11-13H,2-7H2,1H3,(H2,18,25)(H,20,24)(H,21,26);(H,6,7). The molecule has 15 heteroatoms. The molecule has 1 aromatic rings.